The molecule has 0 bridgehead atoms. The summed E-state index contributed by atoms with van der Waals surface area (Å²) in [7, 11) is 0. The smallest absolute Gasteiger partial charge is 0.142 e. The van der Waals surface area contributed by atoms with Crippen molar-refractivity contribution in [2.75, 3.05) is 5.34 Å². The molecule has 63 heavy (non-hydrogen) atoms. The minimum absolute atomic E-state index is 0.194. The van der Waals surface area contributed by atoms with Gasteiger partial charge in [-0.15, -0.1) is 23.2 Å². The third-order valence-corrected chi connectivity index (χ3v) is 13.1. The van der Waals surface area contributed by atoms with Gasteiger partial charge in [0.15, 0.2) is 0 Å². The lowest BCUT2D eigenvalue weighted by molar-refractivity contribution is 0.128. The molecule has 0 radical (unpaired) electrons. The second kappa shape index (κ2) is 15.5. The molecule has 0 atom stereocenters. The van der Waals surface area contributed by atoms with Crippen LogP contribution in [0.3, 0.4) is 0 Å². The van der Waals surface area contributed by atoms with Gasteiger partial charge in [-0.1, -0.05) is 218 Å². The van der Waals surface area contributed by atoms with Crippen molar-refractivity contribution in [3.63, 3.8) is 0 Å². The molecule has 302 valence electrons. The summed E-state index contributed by atoms with van der Waals surface area (Å²) in [5, 5.41) is 36.0. The molecule has 0 spiro atoms. The van der Waals surface area contributed by atoms with Crippen molar-refractivity contribution in [3.05, 3.63) is 250 Å². The van der Waals surface area contributed by atoms with E-state index >= 15 is 0 Å². The molecular formula is C59H40Cl2O2. The van der Waals surface area contributed by atoms with Gasteiger partial charge < -0.3 is 10.2 Å². The molecule has 0 fully saturated rings. The molecule has 0 amide bonds. The normalized spacial score (nSPS) is 14.2. The van der Waals surface area contributed by atoms with Crippen molar-refractivity contribution in [1.29, 1.82) is 0 Å². The Morgan fingerprint density at radius 1 is 0.286 bits per heavy atom. The van der Waals surface area contributed by atoms with Crippen LogP contribution < -0.4 is 0 Å². The lowest BCUT2D eigenvalue weighted by atomic mass is 9.71. The van der Waals surface area contributed by atoms with Crippen molar-refractivity contribution in [3.8, 4) is 11.1 Å². The van der Waals surface area contributed by atoms with Crippen LogP contribution in [0.15, 0.2) is 194 Å². The first-order valence-corrected chi connectivity index (χ1v) is 22.2. The number of halogens is 2. The van der Waals surface area contributed by atoms with Crippen LogP contribution in [0, 0.1) is 0 Å². The average molecular weight is 852 g/mol. The van der Waals surface area contributed by atoms with Gasteiger partial charge in [0.1, 0.15) is 11.2 Å². The average Bonchev–Trinajstić information content (AvgIpc) is 3.55. The van der Waals surface area contributed by atoms with Crippen molar-refractivity contribution < 1.29 is 10.2 Å². The molecule has 2 aliphatic carbocycles. The van der Waals surface area contributed by atoms with Crippen LogP contribution >= 0.6 is 23.2 Å². The van der Waals surface area contributed by atoms with Gasteiger partial charge in [-0.25, -0.2) is 0 Å². The molecule has 10 aromatic rings. The van der Waals surface area contributed by atoms with E-state index in [0.717, 1.165) is 110 Å². The Hall–Kier alpha value is -6.78. The van der Waals surface area contributed by atoms with E-state index in [1.165, 1.54) is 0 Å². The van der Waals surface area contributed by atoms with Crippen LogP contribution in [0.2, 0.25) is 0 Å². The third-order valence-electron chi connectivity index (χ3n) is 13.1. The van der Waals surface area contributed by atoms with Crippen LogP contribution in [0.5, 0.6) is 0 Å². The SMILES string of the molecule is ClCCl.OC1(c2c3ccccc3c(-c3c4ccccc4c(C4(O)c5ccccc5C=Cc5ccccc54)c4ccccc34)c3ccccc23)c2ccccc2C=Cc2ccccc21. The Morgan fingerprint density at radius 3 is 0.714 bits per heavy atom. The molecule has 0 unspecified atom stereocenters. The quantitative estimate of drug-likeness (QED) is 0.137. The third kappa shape index (κ3) is 5.87. The minimum atomic E-state index is -1.49. The van der Waals surface area contributed by atoms with E-state index in [-0.39, 0.29) is 5.34 Å². The number of rotatable bonds is 3. The van der Waals surface area contributed by atoms with Crippen LogP contribution in [0.4, 0.5) is 0 Å². The Bertz CT molecular complexity index is 3060. The zero-order valence-corrected chi connectivity index (χ0v) is 35.7. The Morgan fingerprint density at radius 2 is 0.476 bits per heavy atom. The van der Waals surface area contributed by atoms with E-state index in [2.05, 4.69) is 170 Å². The highest BCUT2D eigenvalue weighted by Gasteiger charge is 2.43. The molecule has 12 rings (SSSR count). The first-order chi connectivity index (χ1) is 31.0. The zero-order valence-electron chi connectivity index (χ0n) is 34.1. The Labute approximate surface area is 376 Å². The number of benzene rings is 10. The summed E-state index contributed by atoms with van der Waals surface area (Å²) in [5.41, 5.74) is 8.26. The first kappa shape index (κ1) is 39.1. The number of aliphatic hydroxyl groups is 2. The fraction of sp³-hybridized carbons (Fsp3) is 0.0508. The predicted octanol–water partition coefficient (Wildman–Crippen LogP) is 14.9. The summed E-state index contributed by atoms with van der Waals surface area (Å²) in [6.45, 7) is 0. The molecule has 2 nitrogen and oxygen atoms in total. The van der Waals surface area contributed by atoms with Crippen LogP contribution in [0.25, 0.3) is 78.5 Å². The number of fused-ring (bicyclic) bond motifs is 8. The second-order valence-corrected chi connectivity index (χ2v) is 17.0. The fourth-order valence-electron chi connectivity index (χ4n) is 10.7. The largest absolute Gasteiger partial charge is 0.376 e. The Balaban J connectivity index is 0.00000144. The van der Waals surface area contributed by atoms with Gasteiger partial charge >= 0.3 is 0 Å². The second-order valence-electron chi connectivity index (χ2n) is 16.2. The molecular weight excluding hydrogens is 812 g/mol. The fourth-order valence-corrected chi connectivity index (χ4v) is 10.7. The molecule has 0 saturated heterocycles. The monoisotopic (exact) mass is 850 g/mol. The molecule has 0 saturated carbocycles. The molecule has 0 aromatic heterocycles. The van der Waals surface area contributed by atoms with Gasteiger partial charge in [-0.2, -0.15) is 0 Å². The number of hydrogen-bond donors (Lipinski definition) is 2. The minimum Gasteiger partial charge on any atom is -0.376 e. The predicted molar refractivity (Wildman–Crippen MR) is 266 cm³/mol. The lowest BCUT2D eigenvalue weighted by Gasteiger charge is -2.35. The molecule has 0 aliphatic heterocycles. The van der Waals surface area contributed by atoms with Crippen molar-refractivity contribution in [2.45, 2.75) is 11.2 Å². The molecule has 4 heteroatoms. The summed E-state index contributed by atoms with van der Waals surface area (Å²) in [6.07, 6.45) is 8.50. The topological polar surface area (TPSA) is 40.5 Å². The molecule has 10 aromatic carbocycles. The number of alkyl halides is 2. The van der Waals surface area contributed by atoms with Gasteiger partial charge in [-0.05, 0) is 98.7 Å². The maximum atomic E-state index is 13.8. The van der Waals surface area contributed by atoms with Gasteiger partial charge in [-0.3, -0.25) is 0 Å². The molecule has 2 aliphatic rings. The van der Waals surface area contributed by atoms with Crippen LogP contribution in [-0.2, 0) is 11.2 Å². The standard InChI is InChI=1S/C58H38O2.CH2Cl2/c59-57(49-29-13-1-17-37(49)33-34-38-18-2-14-30-50(38)57)55-45-25-9-5-21-41(45)53(42-22-6-10-26-46(42)55)54-43-23-7-11-27-47(43)56(48-28-12-8-24-44(48)54)58(60)51-31-15-3-19-39(51)35-36-40-20-4-16-32-52(40)58;2-1-3/h1-36,59-60H;1H2. The van der Waals surface area contributed by atoms with E-state index in [9.17, 15) is 10.2 Å². The summed E-state index contributed by atoms with van der Waals surface area (Å²) >= 11 is 9.53. The summed E-state index contributed by atoms with van der Waals surface area (Å²) in [6, 6.07) is 67.3. The van der Waals surface area contributed by atoms with Crippen LogP contribution in [-0.4, -0.2) is 15.6 Å². The summed E-state index contributed by atoms with van der Waals surface area (Å²) in [5.74, 6) is 0. The highest BCUT2D eigenvalue weighted by molar-refractivity contribution is 6.40. The highest BCUT2D eigenvalue weighted by Crippen LogP contribution is 2.55. The van der Waals surface area contributed by atoms with Gasteiger partial charge in [0, 0.05) is 11.1 Å². The van der Waals surface area contributed by atoms with E-state index < -0.39 is 11.2 Å². The van der Waals surface area contributed by atoms with E-state index in [0.29, 0.717) is 0 Å². The van der Waals surface area contributed by atoms with Crippen molar-refractivity contribution in [1.82, 2.24) is 0 Å². The van der Waals surface area contributed by atoms with Gasteiger partial charge in [0.05, 0.1) is 5.34 Å². The van der Waals surface area contributed by atoms with Crippen molar-refractivity contribution >= 4 is 90.6 Å². The maximum Gasteiger partial charge on any atom is 0.142 e. The lowest BCUT2D eigenvalue weighted by Crippen LogP contribution is -2.31. The Kier molecular flexibility index (Phi) is 9.64. The maximum absolute atomic E-state index is 13.8. The van der Waals surface area contributed by atoms with Gasteiger partial charge in [0.2, 0.25) is 0 Å². The van der Waals surface area contributed by atoms with Crippen LogP contribution in [0.1, 0.15) is 55.6 Å². The van der Waals surface area contributed by atoms with E-state index in [1.807, 2.05) is 48.5 Å². The number of hydrogen-bond acceptors (Lipinski definition) is 2. The van der Waals surface area contributed by atoms with Crippen molar-refractivity contribution in [2.24, 2.45) is 0 Å². The molecule has 2 N–H and O–H groups in total. The van der Waals surface area contributed by atoms with E-state index in [4.69, 9.17) is 23.2 Å². The summed E-state index contributed by atoms with van der Waals surface area (Å²) in [4.78, 5) is 0. The van der Waals surface area contributed by atoms with Gasteiger partial charge in [0.25, 0.3) is 0 Å². The summed E-state index contributed by atoms with van der Waals surface area (Å²) < 4.78 is 0. The zero-order chi connectivity index (χ0) is 42.7. The molecule has 0 heterocycles. The highest BCUT2D eigenvalue weighted by atomic mass is 35.5. The van der Waals surface area contributed by atoms with E-state index in [1.54, 1.807) is 0 Å². The first-order valence-electron chi connectivity index (χ1n) is 21.2.